The maximum atomic E-state index is 9.92. The standard InChI is InChI=1S/C5H3BrN2O/c6-4-3-7-2-1-5(4)8-9/h1-3H. The fourth-order valence-corrected chi connectivity index (χ4v) is 0.765. The van der Waals surface area contributed by atoms with Gasteiger partial charge in [-0.3, -0.25) is 4.98 Å². The minimum atomic E-state index is 0.380. The lowest BCUT2D eigenvalue weighted by Gasteiger charge is -1.88. The van der Waals surface area contributed by atoms with Crippen molar-refractivity contribution in [2.24, 2.45) is 5.18 Å². The number of hydrogen-bond donors (Lipinski definition) is 0. The van der Waals surface area contributed by atoms with E-state index in [1.807, 2.05) is 0 Å². The third-order valence-electron chi connectivity index (χ3n) is 0.849. The van der Waals surface area contributed by atoms with Crippen LogP contribution in [0.25, 0.3) is 0 Å². The Morgan fingerprint density at radius 1 is 1.67 bits per heavy atom. The summed E-state index contributed by atoms with van der Waals surface area (Å²) in [6.07, 6.45) is 3.04. The van der Waals surface area contributed by atoms with Gasteiger partial charge in [0.15, 0.2) is 0 Å². The van der Waals surface area contributed by atoms with E-state index >= 15 is 0 Å². The second kappa shape index (κ2) is 2.68. The smallest absolute Gasteiger partial charge is 0.125 e. The monoisotopic (exact) mass is 186 g/mol. The number of rotatable bonds is 1. The molecular weight excluding hydrogens is 184 g/mol. The van der Waals surface area contributed by atoms with Crippen molar-refractivity contribution in [3.05, 3.63) is 27.8 Å². The van der Waals surface area contributed by atoms with Gasteiger partial charge in [0.1, 0.15) is 5.69 Å². The molecule has 0 radical (unpaired) electrons. The van der Waals surface area contributed by atoms with Gasteiger partial charge in [0.2, 0.25) is 0 Å². The van der Waals surface area contributed by atoms with E-state index in [9.17, 15) is 4.91 Å². The zero-order valence-corrected chi connectivity index (χ0v) is 6.00. The molecule has 0 aliphatic carbocycles. The molecule has 1 aromatic heterocycles. The van der Waals surface area contributed by atoms with Crippen LogP contribution in [-0.2, 0) is 0 Å². The Morgan fingerprint density at radius 3 is 2.89 bits per heavy atom. The number of aromatic nitrogens is 1. The summed E-state index contributed by atoms with van der Waals surface area (Å²) in [6, 6.07) is 1.54. The second-order valence-electron chi connectivity index (χ2n) is 1.42. The molecule has 1 aromatic rings. The lowest BCUT2D eigenvalue weighted by molar-refractivity contribution is 1.29. The molecule has 4 heteroatoms. The normalized spacial score (nSPS) is 9.00. The molecule has 0 aliphatic rings. The summed E-state index contributed by atoms with van der Waals surface area (Å²) in [5.41, 5.74) is 0.380. The van der Waals surface area contributed by atoms with Crippen LogP contribution in [0.15, 0.2) is 28.1 Å². The second-order valence-corrected chi connectivity index (χ2v) is 2.27. The number of hydrogen-bond acceptors (Lipinski definition) is 3. The van der Waals surface area contributed by atoms with Crippen molar-refractivity contribution in [1.29, 1.82) is 0 Å². The van der Waals surface area contributed by atoms with E-state index in [1.165, 1.54) is 18.5 Å². The molecule has 0 amide bonds. The van der Waals surface area contributed by atoms with Crippen molar-refractivity contribution in [3.8, 4) is 0 Å². The Hall–Kier alpha value is -0.770. The van der Waals surface area contributed by atoms with Gasteiger partial charge in [-0.15, -0.1) is 4.91 Å². The summed E-state index contributed by atoms with van der Waals surface area (Å²) in [5, 5.41) is 2.73. The summed E-state index contributed by atoms with van der Waals surface area (Å²) >= 11 is 3.10. The highest BCUT2D eigenvalue weighted by molar-refractivity contribution is 9.10. The SMILES string of the molecule is O=Nc1ccncc1Br. The van der Waals surface area contributed by atoms with E-state index in [0.717, 1.165) is 0 Å². The first-order valence-corrected chi connectivity index (χ1v) is 3.07. The minimum absolute atomic E-state index is 0.380. The van der Waals surface area contributed by atoms with Gasteiger partial charge >= 0.3 is 0 Å². The molecule has 1 heterocycles. The van der Waals surface area contributed by atoms with Crippen LogP contribution in [0, 0.1) is 4.91 Å². The maximum Gasteiger partial charge on any atom is 0.125 e. The van der Waals surface area contributed by atoms with Crippen LogP contribution in [-0.4, -0.2) is 4.98 Å². The van der Waals surface area contributed by atoms with E-state index < -0.39 is 0 Å². The van der Waals surface area contributed by atoms with Gasteiger partial charge in [-0.2, -0.15) is 0 Å². The number of nitroso groups, excluding NO2 is 1. The maximum absolute atomic E-state index is 9.92. The van der Waals surface area contributed by atoms with Crippen LogP contribution in [0.3, 0.4) is 0 Å². The molecule has 0 aromatic carbocycles. The Balaban J connectivity index is 3.15. The fraction of sp³-hybridized carbons (Fsp3) is 0. The zero-order valence-electron chi connectivity index (χ0n) is 4.41. The first-order chi connectivity index (χ1) is 4.34. The van der Waals surface area contributed by atoms with E-state index in [4.69, 9.17) is 0 Å². The number of halogens is 1. The third kappa shape index (κ3) is 1.32. The molecule has 0 saturated heterocycles. The molecule has 0 spiro atoms. The Morgan fingerprint density at radius 2 is 2.44 bits per heavy atom. The van der Waals surface area contributed by atoms with Gasteiger partial charge in [-0.05, 0) is 27.2 Å². The van der Waals surface area contributed by atoms with Crippen molar-refractivity contribution < 1.29 is 0 Å². The molecule has 0 atom stereocenters. The first kappa shape index (κ1) is 6.35. The summed E-state index contributed by atoms with van der Waals surface area (Å²) < 4.78 is 0.625. The third-order valence-corrected chi connectivity index (χ3v) is 1.46. The molecular formula is C5H3BrN2O. The quantitative estimate of drug-likeness (QED) is 0.632. The van der Waals surface area contributed by atoms with Gasteiger partial charge in [0.05, 0.1) is 4.47 Å². The van der Waals surface area contributed by atoms with Gasteiger partial charge < -0.3 is 0 Å². The topological polar surface area (TPSA) is 42.3 Å². The molecule has 0 unspecified atom stereocenters. The van der Waals surface area contributed by atoms with Gasteiger partial charge in [0.25, 0.3) is 0 Å². The molecule has 0 fully saturated rings. The van der Waals surface area contributed by atoms with Gasteiger partial charge in [-0.25, -0.2) is 0 Å². The van der Waals surface area contributed by atoms with E-state index in [1.54, 1.807) is 0 Å². The van der Waals surface area contributed by atoms with E-state index in [-0.39, 0.29) is 0 Å². The summed E-state index contributed by atoms with van der Waals surface area (Å²) in [7, 11) is 0. The Bertz CT molecular complexity index is 226. The molecule has 0 bridgehead atoms. The first-order valence-electron chi connectivity index (χ1n) is 2.27. The average molecular weight is 187 g/mol. The molecule has 0 aliphatic heterocycles. The van der Waals surface area contributed by atoms with Crippen LogP contribution in [0.5, 0.6) is 0 Å². The number of nitrogens with zero attached hydrogens (tertiary/aromatic N) is 2. The lowest BCUT2D eigenvalue weighted by atomic mass is 10.4. The van der Waals surface area contributed by atoms with Crippen LogP contribution < -0.4 is 0 Å². The molecule has 3 nitrogen and oxygen atoms in total. The molecule has 9 heavy (non-hydrogen) atoms. The highest BCUT2D eigenvalue weighted by Crippen LogP contribution is 2.21. The predicted octanol–water partition coefficient (Wildman–Crippen LogP) is 2.24. The van der Waals surface area contributed by atoms with Gasteiger partial charge in [-0.1, -0.05) is 0 Å². The minimum Gasteiger partial charge on any atom is -0.263 e. The van der Waals surface area contributed by atoms with Crippen LogP contribution in [0.4, 0.5) is 5.69 Å². The van der Waals surface area contributed by atoms with Crippen molar-refractivity contribution >= 4 is 21.6 Å². The highest BCUT2D eigenvalue weighted by atomic mass is 79.9. The highest BCUT2D eigenvalue weighted by Gasteiger charge is 1.94. The summed E-state index contributed by atoms with van der Waals surface area (Å²) in [6.45, 7) is 0. The Kier molecular flexibility index (Phi) is 1.89. The summed E-state index contributed by atoms with van der Waals surface area (Å²) in [5.74, 6) is 0. The largest absolute Gasteiger partial charge is 0.263 e. The average Bonchev–Trinajstić information content (AvgIpc) is 1.89. The lowest BCUT2D eigenvalue weighted by Crippen LogP contribution is -1.69. The summed E-state index contributed by atoms with van der Waals surface area (Å²) in [4.78, 5) is 13.7. The van der Waals surface area contributed by atoms with E-state index in [0.29, 0.717) is 10.2 Å². The zero-order chi connectivity index (χ0) is 6.69. The molecule has 0 N–H and O–H groups in total. The van der Waals surface area contributed by atoms with Crippen molar-refractivity contribution in [2.75, 3.05) is 0 Å². The molecule has 0 saturated carbocycles. The fourth-order valence-electron chi connectivity index (χ4n) is 0.442. The van der Waals surface area contributed by atoms with Crippen LogP contribution >= 0.6 is 15.9 Å². The van der Waals surface area contributed by atoms with Crippen molar-refractivity contribution in [2.45, 2.75) is 0 Å². The Labute approximate surface area is 60.2 Å². The van der Waals surface area contributed by atoms with Crippen molar-refractivity contribution in [3.63, 3.8) is 0 Å². The number of pyridine rings is 1. The van der Waals surface area contributed by atoms with Crippen LogP contribution in [0.1, 0.15) is 0 Å². The van der Waals surface area contributed by atoms with E-state index in [2.05, 4.69) is 26.1 Å². The van der Waals surface area contributed by atoms with Crippen LogP contribution in [0.2, 0.25) is 0 Å². The van der Waals surface area contributed by atoms with Crippen molar-refractivity contribution in [1.82, 2.24) is 4.98 Å². The van der Waals surface area contributed by atoms with Gasteiger partial charge in [0, 0.05) is 12.4 Å². The predicted molar refractivity (Wildman–Crippen MR) is 37.4 cm³/mol. The molecule has 46 valence electrons. The molecule has 1 rings (SSSR count).